The van der Waals surface area contributed by atoms with Crippen molar-refractivity contribution in [3.05, 3.63) is 52.4 Å². The molecule has 2 aromatic rings. The summed E-state index contributed by atoms with van der Waals surface area (Å²) in [5.41, 5.74) is 1.70. The van der Waals surface area contributed by atoms with Gasteiger partial charge in [0.2, 0.25) is 5.91 Å². The second-order valence-electron chi connectivity index (χ2n) is 6.83. The first-order valence-corrected chi connectivity index (χ1v) is 9.32. The molecule has 1 amide bonds. The van der Waals surface area contributed by atoms with Gasteiger partial charge in [0.25, 0.3) is 5.56 Å². The minimum Gasteiger partial charge on any atom is -0.494 e. The number of aryl methyl sites for hydroxylation is 1. The molecule has 7 nitrogen and oxygen atoms in total. The molecule has 0 bridgehead atoms. The van der Waals surface area contributed by atoms with E-state index in [9.17, 15) is 9.59 Å². The predicted molar refractivity (Wildman–Crippen MR) is 104 cm³/mol. The van der Waals surface area contributed by atoms with Crippen LogP contribution >= 0.6 is 0 Å². The van der Waals surface area contributed by atoms with Crippen LogP contribution in [-0.2, 0) is 18.3 Å². The van der Waals surface area contributed by atoms with Gasteiger partial charge in [0.05, 0.1) is 24.9 Å². The highest BCUT2D eigenvalue weighted by Crippen LogP contribution is 2.21. The van der Waals surface area contributed by atoms with E-state index in [4.69, 9.17) is 4.74 Å². The lowest BCUT2D eigenvalue weighted by Gasteiger charge is -2.18. The first-order valence-electron chi connectivity index (χ1n) is 9.32. The molecule has 1 aromatic carbocycles. The number of ether oxygens (including phenoxy) is 1. The van der Waals surface area contributed by atoms with Gasteiger partial charge in [0.15, 0.2) is 0 Å². The highest BCUT2D eigenvalue weighted by atomic mass is 16.5. The molecule has 0 saturated carbocycles. The van der Waals surface area contributed by atoms with Crippen molar-refractivity contribution in [1.82, 2.24) is 15.1 Å². The first kappa shape index (κ1) is 18.9. The summed E-state index contributed by atoms with van der Waals surface area (Å²) in [5.74, 6) is 1.21. The molecule has 0 aliphatic carbocycles. The lowest BCUT2D eigenvalue weighted by atomic mass is 10.1. The Bertz CT molecular complexity index is 832. The summed E-state index contributed by atoms with van der Waals surface area (Å²) in [6.45, 7) is 4.91. The maximum absolute atomic E-state index is 12.2. The molecule has 1 aromatic heterocycles. The molecule has 2 heterocycles. The Morgan fingerprint density at radius 3 is 2.81 bits per heavy atom. The molecule has 27 heavy (non-hydrogen) atoms. The van der Waals surface area contributed by atoms with Crippen molar-refractivity contribution in [1.29, 1.82) is 0 Å². The molecule has 7 heteroatoms. The maximum Gasteiger partial charge on any atom is 0.268 e. The number of carbonyl (C=O) groups is 1. The fraction of sp³-hybridized carbons (Fsp3) is 0.450. The molecule has 0 spiro atoms. The third-order valence-electron chi connectivity index (χ3n) is 4.79. The number of hydrogen-bond donors (Lipinski definition) is 1. The molecular weight excluding hydrogens is 344 g/mol. The lowest BCUT2D eigenvalue weighted by Crippen LogP contribution is -2.32. The van der Waals surface area contributed by atoms with Crippen LogP contribution in [0.3, 0.4) is 0 Å². The van der Waals surface area contributed by atoms with Gasteiger partial charge >= 0.3 is 0 Å². The summed E-state index contributed by atoms with van der Waals surface area (Å²) >= 11 is 0. The number of anilines is 1. The monoisotopic (exact) mass is 370 g/mol. The van der Waals surface area contributed by atoms with Crippen molar-refractivity contribution in [2.24, 2.45) is 13.0 Å². The van der Waals surface area contributed by atoms with Crippen molar-refractivity contribution in [2.45, 2.75) is 19.8 Å². The fourth-order valence-electron chi connectivity index (χ4n) is 3.24. The Kier molecular flexibility index (Phi) is 6.11. The summed E-state index contributed by atoms with van der Waals surface area (Å²) < 4.78 is 6.73. The second-order valence-corrected chi connectivity index (χ2v) is 6.83. The van der Waals surface area contributed by atoms with Gasteiger partial charge in [-0.2, -0.15) is 5.10 Å². The van der Waals surface area contributed by atoms with E-state index < -0.39 is 0 Å². The third-order valence-corrected chi connectivity index (χ3v) is 4.79. The van der Waals surface area contributed by atoms with E-state index in [1.807, 2.05) is 31.2 Å². The smallest absolute Gasteiger partial charge is 0.268 e. The van der Waals surface area contributed by atoms with Crippen LogP contribution in [0.1, 0.15) is 18.9 Å². The van der Waals surface area contributed by atoms with Crippen LogP contribution in [0.4, 0.5) is 5.69 Å². The van der Waals surface area contributed by atoms with Crippen molar-refractivity contribution in [2.75, 3.05) is 31.1 Å². The summed E-state index contributed by atoms with van der Waals surface area (Å²) in [6.07, 6.45) is 3.06. The van der Waals surface area contributed by atoms with E-state index >= 15 is 0 Å². The number of amides is 1. The SMILES string of the molecule is CCOc1ccc(CC(=O)NC[C@@H]2CCN(c3cnn(C)c(=O)c3)C2)cc1. The zero-order valence-electron chi connectivity index (χ0n) is 15.9. The molecule has 1 aliphatic heterocycles. The zero-order valence-corrected chi connectivity index (χ0v) is 15.9. The minimum atomic E-state index is -0.111. The van der Waals surface area contributed by atoms with Crippen LogP contribution in [-0.4, -0.2) is 41.9 Å². The van der Waals surface area contributed by atoms with Crippen molar-refractivity contribution in [3.8, 4) is 5.75 Å². The van der Waals surface area contributed by atoms with Crippen LogP contribution in [0.5, 0.6) is 5.75 Å². The number of rotatable bonds is 7. The Hall–Kier alpha value is -2.83. The lowest BCUT2D eigenvalue weighted by molar-refractivity contribution is -0.120. The summed E-state index contributed by atoms with van der Waals surface area (Å²) in [5, 5.41) is 7.10. The topological polar surface area (TPSA) is 76.5 Å². The van der Waals surface area contributed by atoms with Crippen molar-refractivity contribution < 1.29 is 9.53 Å². The highest BCUT2D eigenvalue weighted by Gasteiger charge is 2.23. The molecule has 1 aliphatic rings. The predicted octanol–water partition coefficient (Wildman–Crippen LogP) is 1.36. The first-order chi connectivity index (χ1) is 13.0. The zero-order chi connectivity index (χ0) is 19.2. The van der Waals surface area contributed by atoms with Gasteiger partial charge in [-0.15, -0.1) is 0 Å². The van der Waals surface area contributed by atoms with E-state index in [0.717, 1.165) is 36.5 Å². The highest BCUT2D eigenvalue weighted by molar-refractivity contribution is 5.78. The number of benzene rings is 1. The summed E-state index contributed by atoms with van der Waals surface area (Å²) in [7, 11) is 1.64. The normalized spacial score (nSPS) is 16.4. The number of nitrogens with one attached hydrogen (secondary N) is 1. The van der Waals surface area contributed by atoms with E-state index in [-0.39, 0.29) is 11.5 Å². The Balaban J connectivity index is 1.45. The van der Waals surface area contributed by atoms with Gasteiger partial charge in [-0.05, 0) is 37.0 Å². The molecule has 1 saturated heterocycles. The van der Waals surface area contributed by atoms with Crippen molar-refractivity contribution in [3.63, 3.8) is 0 Å². The van der Waals surface area contributed by atoms with E-state index in [2.05, 4.69) is 15.3 Å². The van der Waals surface area contributed by atoms with Crippen LogP contribution in [0.2, 0.25) is 0 Å². The Morgan fingerprint density at radius 1 is 1.33 bits per heavy atom. The van der Waals surface area contributed by atoms with Crippen LogP contribution < -0.4 is 20.5 Å². The van der Waals surface area contributed by atoms with Crippen molar-refractivity contribution >= 4 is 11.6 Å². The summed E-state index contributed by atoms with van der Waals surface area (Å²) in [4.78, 5) is 26.1. The van der Waals surface area contributed by atoms with Gasteiger partial charge in [0, 0.05) is 32.7 Å². The largest absolute Gasteiger partial charge is 0.494 e. The Labute approximate surface area is 158 Å². The quantitative estimate of drug-likeness (QED) is 0.797. The Morgan fingerprint density at radius 2 is 2.11 bits per heavy atom. The van der Waals surface area contributed by atoms with Crippen LogP contribution in [0.25, 0.3) is 0 Å². The number of carbonyl (C=O) groups excluding carboxylic acids is 1. The van der Waals surface area contributed by atoms with Gasteiger partial charge in [-0.1, -0.05) is 12.1 Å². The number of hydrogen-bond acceptors (Lipinski definition) is 5. The molecule has 0 radical (unpaired) electrons. The molecule has 1 atom stereocenters. The van der Waals surface area contributed by atoms with Crippen LogP contribution in [0, 0.1) is 5.92 Å². The maximum atomic E-state index is 12.2. The number of aromatic nitrogens is 2. The molecule has 3 rings (SSSR count). The van der Waals surface area contributed by atoms with Gasteiger partial charge in [-0.3, -0.25) is 9.59 Å². The molecule has 0 unspecified atom stereocenters. The van der Waals surface area contributed by atoms with Gasteiger partial charge in [-0.25, -0.2) is 4.68 Å². The summed E-state index contributed by atoms with van der Waals surface area (Å²) in [6, 6.07) is 9.23. The molecular formula is C20H26N4O3. The van der Waals surface area contributed by atoms with E-state index in [0.29, 0.717) is 25.5 Å². The molecule has 1 fully saturated rings. The average molecular weight is 370 g/mol. The van der Waals surface area contributed by atoms with Gasteiger partial charge in [0.1, 0.15) is 5.75 Å². The average Bonchev–Trinajstić information content (AvgIpc) is 3.13. The molecule has 1 N–H and O–H groups in total. The number of nitrogens with zero attached hydrogens (tertiary/aromatic N) is 3. The minimum absolute atomic E-state index is 0.0212. The molecule has 144 valence electrons. The van der Waals surface area contributed by atoms with E-state index in [1.54, 1.807) is 19.3 Å². The standard InChI is InChI=1S/C20H26N4O3/c1-3-27-18-6-4-15(5-7-18)10-19(25)21-12-16-8-9-24(14-16)17-11-20(26)23(2)22-13-17/h4-7,11,13,16H,3,8-10,12,14H2,1-2H3,(H,21,25)/t16-/m0/s1. The van der Waals surface area contributed by atoms with E-state index in [1.165, 1.54) is 4.68 Å². The second kappa shape index (κ2) is 8.70. The van der Waals surface area contributed by atoms with Crippen LogP contribution in [0.15, 0.2) is 41.3 Å². The van der Waals surface area contributed by atoms with Gasteiger partial charge < -0.3 is 15.0 Å². The third kappa shape index (κ3) is 5.09. The fourth-order valence-corrected chi connectivity index (χ4v) is 3.24.